The Bertz CT molecular complexity index is 3800. The maximum Gasteiger partial charge on any atom is 0.524 e. The molecule has 31 heteroatoms. The molecule has 10 amide bonds. The standard InChI is InChI=1S/C63H82Cl2N13O15P/c1-33(2)51(74-55(81)41(71-36(5)79)11-8-9-17-66)56(82)73-42(12-10-18-68-59(67)85)54(80)72-40-15-13-37(14-16-40)29-91-60(86)75(6)19-20-76(7)61(87)92-45-21-43-49(47-34(3)25-69-52(45)47)38(23-64)27-77(43)57(83)62-30-63(31-62,32-62)58(84)78-28-39(24-65)50-44(78)22-46(93-94(88,89)90)53-48(50)35(4)26-70-53/h13-16,21-22,25-26,33,38-39,41-42,51,69-70H,8-12,17-20,23-24,27-32,66H2,1-7H3,(H,71,79)(H,72,80)(H,73,82)(H,74,81)(H3,67,68,85)(H2,88,89,90). The summed E-state index contributed by atoms with van der Waals surface area (Å²) >= 11 is 13.2. The fraction of sp³-hybridized carbons (Fsp3) is 0.508. The summed E-state index contributed by atoms with van der Waals surface area (Å²) in [5.41, 5.74) is 15.2. The predicted octanol–water partition coefficient (Wildman–Crippen LogP) is 6.29. The number of unbranched alkanes of at least 4 members (excludes halogenated alkanes) is 1. The van der Waals surface area contributed by atoms with Gasteiger partial charge in [-0.25, -0.2) is 18.9 Å². The highest BCUT2D eigenvalue weighted by atomic mass is 35.5. The average Bonchev–Trinajstić information content (AvgIpc) is 0.898. The van der Waals surface area contributed by atoms with Crippen LogP contribution in [0.1, 0.15) is 112 Å². The molecule has 2 bridgehead atoms. The maximum atomic E-state index is 14.9. The molecule has 5 aliphatic rings. The van der Waals surface area contributed by atoms with E-state index < -0.39 is 84.5 Å². The fourth-order valence-corrected chi connectivity index (χ4v) is 14.3. The van der Waals surface area contributed by atoms with Crippen LogP contribution in [0.2, 0.25) is 0 Å². The summed E-state index contributed by atoms with van der Waals surface area (Å²) in [5, 5.41) is 14.8. The number of halogens is 2. The van der Waals surface area contributed by atoms with Gasteiger partial charge in [0, 0.05) is 118 Å². The van der Waals surface area contributed by atoms with Gasteiger partial charge in [-0.1, -0.05) is 26.0 Å². The van der Waals surface area contributed by atoms with Crippen LogP contribution in [0.5, 0.6) is 11.5 Å². The average molecular weight is 1360 g/mol. The van der Waals surface area contributed by atoms with E-state index in [-0.39, 0.29) is 118 Å². The van der Waals surface area contributed by atoms with Gasteiger partial charge >= 0.3 is 26.0 Å². The number of benzene rings is 3. The number of hydrogen-bond donors (Lipinski definition) is 11. The molecule has 0 radical (unpaired) electrons. The number of nitrogens with one attached hydrogen (secondary N) is 7. The lowest BCUT2D eigenvalue weighted by atomic mass is 9.34. The lowest BCUT2D eigenvalue weighted by molar-refractivity contribution is -0.205. The molecule has 508 valence electrons. The van der Waals surface area contributed by atoms with Crippen molar-refractivity contribution in [1.29, 1.82) is 0 Å². The van der Waals surface area contributed by atoms with Crippen molar-refractivity contribution in [3.05, 3.63) is 76.6 Å². The van der Waals surface area contributed by atoms with Crippen LogP contribution in [-0.4, -0.2) is 166 Å². The molecule has 5 atom stereocenters. The van der Waals surface area contributed by atoms with Gasteiger partial charge in [-0.2, -0.15) is 0 Å². The Labute approximate surface area is 552 Å². The number of phosphoric acid groups is 1. The Morgan fingerprint density at radius 2 is 1.26 bits per heavy atom. The smallest absolute Gasteiger partial charge is 0.445 e. The zero-order chi connectivity index (χ0) is 68.3. The molecule has 13 N–H and O–H groups in total. The monoisotopic (exact) mass is 1360 g/mol. The van der Waals surface area contributed by atoms with Crippen molar-refractivity contribution in [2.75, 3.05) is 80.2 Å². The molecule has 2 aromatic heterocycles. The van der Waals surface area contributed by atoms with Crippen molar-refractivity contribution in [3.8, 4) is 11.5 Å². The number of carbonyl (C=O) groups is 9. The molecule has 28 nitrogen and oxygen atoms in total. The summed E-state index contributed by atoms with van der Waals surface area (Å²) in [4.78, 5) is 153. The number of aromatic nitrogens is 2. The van der Waals surface area contributed by atoms with Crippen molar-refractivity contribution in [2.45, 2.75) is 123 Å². The minimum atomic E-state index is -4.99. The number of rotatable bonds is 28. The number of amides is 10. The molecule has 3 saturated carbocycles. The zero-order valence-corrected chi connectivity index (χ0v) is 55.9. The number of carbonyl (C=O) groups excluding carboxylic acids is 9. The van der Waals surface area contributed by atoms with E-state index in [4.69, 9.17) is 48.7 Å². The third-order valence-electron chi connectivity index (χ3n) is 18.2. The summed E-state index contributed by atoms with van der Waals surface area (Å²) in [5.74, 6) is -3.17. The summed E-state index contributed by atoms with van der Waals surface area (Å²) in [6.45, 7) is 9.39. The van der Waals surface area contributed by atoms with Crippen molar-refractivity contribution < 1.29 is 71.5 Å². The summed E-state index contributed by atoms with van der Waals surface area (Å²) < 4.78 is 28.9. The summed E-state index contributed by atoms with van der Waals surface area (Å²) in [7, 11) is -1.98. The molecule has 5 aromatic rings. The number of alkyl halides is 2. The van der Waals surface area contributed by atoms with E-state index in [1.165, 1.54) is 36.9 Å². The van der Waals surface area contributed by atoms with E-state index in [1.807, 2.05) is 13.8 Å². The van der Waals surface area contributed by atoms with E-state index in [0.717, 1.165) is 27.6 Å². The number of urea groups is 1. The Morgan fingerprint density at radius 1 is 0.734 bits per heavy atom. The number of likely N-dealkylation sites (N-methyl/N-ethyl adjacent to an activating group) is 2. The van der Waals surface area contributed by atoms with Crippen molar-refractivity contribution in [2.24, 2.45) is 28.2 Å². The van der Waals surface area contributed by atoms with Gasteiger partial charge in [0.15, 0.2) is 11.5 Å². The van der Waals surface area contributed by atoms with Gasteiger partial charge in [-0.3, -0.25) is 38.6 Å². The van der Waals surface area contributed by atoms with E-state index >= 15 is 0 Å². The first-order chi connectivity index (χ1) is 44.5. The maximum absolute atomic E-state index is 14.9. The lowest BCUT2D eigenvalue weighted by Gasteiger charge is -2.69. The second-order valence-corrected chi connectivity index (χ2v) is 27.3. The van der Waals surface area contributed by atoms with Crippen LogP contribution in [0.4, 0.5) is 31.4 Å². The van der Waals surface area contributed by atoms with Gasteiger partial charge in [0.05, 0.1) is 33.2 Å². The van der Waals surface area contributed by atoms with Crippen molar-refractivity contribution >= 4 is 124 Å². The van der Waals surface area contributed by atoms with Crippen molar-refractivity contribution in [3.63, 3.8) is 0 Å². The lowest BCUT2D eigenvalue weighted by Crippen LogP contribution is -2.73. The Kier molecular flexibility index (Phi) is 21.5. The van der Waals surface area contributed by atoms with Gasteiger partial charge < -0.3 is 81.6 Å². The van der Waals surface area contributed by atoms with Crippen LogP contribution in [0.3, 0.4) is 0 Å². The number of fused-ring (bicyclic) bond motifs is 6. The number of anilines is 3. The molecule has 3 fully saturated rings. The third kappa shape index (κ3) is 14.9. The molecular weight excluding hydrogens is 1280 g/mol. The third-order valence-corrected chi connectivity index (χ3v) is 19.3. The normalized spacial score (nSPS) is 19.4. The van der Waals surface area contributed by atoms with Gasteiger partial charge in [-0.05, 0) is 118 Å². The van der Waals surface area contributed by atoms with Crippen LogP contribution < -0.4 is 57.1 Å². The number of ether oxygens (including phenoxy) is 2. The van der Waals surface area contributed by atoms with E-state index in [2.05, 4.69) is 36.6 Å². The largest absolute Gasteiger partial charge is 0.524 e. The number of H-pyrrole nitrogens is 2. The van der Waals surface area contributed by atoms with Crippen LogP contribution in [0.15, 0.2) is 48.8 Å². The number of primary amides is 1. The van der Waals surface area contributed by atoms with E-state index in [1.54, 1.807) is 66.4 Å². The second kappa shape index (κ2) is 28.8. The fourth-order valence-electron chi connectivity index (χ4n) is 13.4. The zero-order valence-electron chi connectivity index (χ0n) is 53.5. The first-order valence-electron chi connectivity index (χ1n) is 31.1. The van der Waals surface area contributed by atoms with Crippen LogP contribution in [0, 0.1) is 30.6 Å². The summed E-state index contributed by atoms with van der Waals surface area (Å²) in [6.07, 6.45) is 4.69. The van der Waals surface area contributed by atoms with E-state index in [9.17, 15) is 57.5 Å². The predicted molar refractivity (Wildman–Crippen MR) is 352 cm³/mol. The Morgan fingerprint density at radius 3 is 1.77 bits per heavy atom. The minimum absolute atomic E-state index is 0.0249. The van der Waals surface area contributed by atoms with Crippen LogP contribution >= 0.6 is 31.0 Å². The molecule has 4 heterocycles. The Hall–Kier alpha value is -8.14. The molecule has 3 aromatic carbocycles. The van der Waals surface area contributed by atoms with Crippen molar-refractivity contribution in [1.82, 2.24) is 41.0 Å². The first-order valence-corrected chi connectivity index (χ1v) is 33.7. The summed E-state index contributed by atoms with van der Waals surface area (Å²) in [6, 6.07) is 5.67. The molecule has 2 aliphatic heterocycles. The highest BCUT2D eigenvalue weighted by Crippen LogP contribution is 2.75. The molecular formula is C63H82Cl2N13O15P. The quantitative estimate of drug-likeness (QED) is 0.0149. The topological polar surface area (TPSA) is 396 Å². The number of aromatic amines is 2. The number of hydrogen-bond acceptors (Lipinski definition) is 14. The highest BCUT2D eigenvalue weighted by Gasteiger charge is 2.76. The minimum Gasteiger partial charge on any atom is -0.445 e. The first kappa shape index (κ1) is 70.2. The van der Waals surface area contributed by atoms with Gasteiger partial charge in [0.2, 0.25) is 35.4 Å². The molecule has 0 spiro atoms. The van der Waals surface area contributed by atoms with Gasteiger partial charge in [0.25, 0.3) is 0 Å². The van der Waals surface area contributed by atoms with E-state index in [0.29, 0.717) is 64.9 Å². The molecule has 94 heavy (non-hydrogen) atoms. The van der Waals surface area contributed by atoms with Crippen LogP contribution in [0.25, 0.3) is 21.8 Å². The number of nitrogens with two attached hydrogens (primary N) is 2. The molecule has 3 aliphatic carbocycles. The molecule has 10 rings (SSSR count). The van der Waals surface area contributed by atoms with Gasteiger partial charge in [-0.15, -0.1) is 23.2 Å². The highest BCUT2D eigenvalue weighted by molar-refractivity contribution is 7.46. The second-order valence-electron chi connectivity index (χ2n) is 25.5. The Balaban J connectivity index is 0.788. The van der Waals surface area contributed by atoms with Gasteiger partial charge in [0.1, 0.15) is 24.7 Å². The number of aryl methyl sites for hydroxylation is 2. The number of phosphoric ester groups is 1. The van der Waals surface area contributed by atoms with Crippen LogP contribution in [-0.2, 0) is 44.7 Å². The number of nitrogens with zero attached hydrogens (tertiary/aromatic N) is 4. The SMILES string of the molecule is CC(=O)NC(CCCCN)C(=O)NC(C(=O)NC(CCCNC(N)=O)C(=O)Nc1ccc(COC(=O)N(C)CCN(C)C(=O)Oc2cc3c(c4c(C)c[nH]c24)C(CCl)CN3C(=O)C23CC(C(=O)N4CC(CCl)c5c4cc(OP(=O)(O)O)c4[nH]cc(C)c54)(C2)C3)cc1)C(C)C. The molecule has 0 saturated heterocycles. The molecule has 5 unspecified atom stereocenters.